The Hall–Kier alpha value is -2.63. The highest BCUT2D eigenvalue weighted by molar-refractivity contribution is 5.64. The van der Waals surface area contributed by atoms with Crippen LogP contribution >= 0.6 is 0 Å². The van der Waals surface area contributed by atoms with E-state index in [4.69, 9.17) is 9.47 Å². The molecule has 0 saturated carbocycles. The smallest absolute Gasteiger partial charge is 0.488 e. The third-order valence-corrected chi connectivity index (χ3v) is 3.53. The Morgan fingerprint density at radius 1 is 1.12 bits per heavy atom. The molecule has 4 nitrogen and oxygen atoms in total. The summed E-state index contributed by atoms with van der Waals surface area (Å²) >= 11 is 0. The monoisotopic (exact) mass is 336 g/mol. The van der Waals surface area contributed by atoms with Crippen molar-refractivity contribution >= 4 is 6.16 Å². The Labute approximate surface area is 139 Å². The average Bonchev–Trinajstić information content (AvgIpc) is 2.56. The van der Waals surface area contributed by atoms with Gasteiger partial charge in [-0.05, 0) is 42.7 Å². The molecule has 0 heterocycles. The van der Waals surface area contributed by atoms with Crippen LogP contribution in [0.3, 0.4) is 0 Å². The fourth-order valence-electron chi connectivity index (χ4n) is 2.19. The third-order valence-electron chi connectivity index (χ3n) is 3.53. The number of carbonyl (C=O) groups excluding carboxylic acids is 1. The SMILES string of the molecule is CCc1cc(C)c(F)cc1OCc1c(F)cccc1OC(=O)OC. The van der Waals surface area contributed by atoms with Crippen molar-refractivity contribution in [1.29, 1.82) is 0 Å². The van der Waals surface area contributed by atoms with E-state index in [1.807, 2.05) is 6.92 Å². The van der Waals surface area contributed by atoms with E-state index in [2.05, 4.69) is 4.74 Å². The van der Waals surface area contributed by atoms with Crippen LogP contribution in [0.1, 0.15) is 23.6 Å². The zero-order valence-corrected chi connectivity index (χ0v) is 13.7. The van der Waals surface area contributed by atoms with Gasteiger partial charge in [0.05, 0.1) is 12.7 Å². The second kappa shape index (κ2) is 7.77. The molecule has 24 heavy (non-hydrogen) atoms. The van der Waals surface area contributed by atoms with Crippen molar-refractivity contribution in [3.8, 4) is 11.5 Å². The molecule has 2 rings (SSSR count). The summed E-state index contributed by atoms with van der Waals surface area (Å²) in [5.74, 6) is -0.677. The molecule has 0 radical (unpaired) electrons. The predicted octanol–water partition coefficient (Wildman–Crippen LogP) is 4.56. The van der Waals surface area contributed by atoms with Crippen LogP contribution in [0.15, 0.2) is 30.3 Å². The van der Waals surface area contributed by atoms with Gasteiger partial charge in [0.15, 0.2) is 0 Å². The topological polar surface area (TPSA) is 44.8 Å². The highest BCUT2D eigenvalue weighted by Crippen LogP contribution is 2.27. The van der Waals surface area contributed by atoms with E-state index in [-0.39, 0.29) is 17.9 Å². The second-order valence-electron chi connectivity index (χ2n) is 5.12. The fourth-order valence-corrected chi connectivity index (χ4v) is 2.19. The maximum absolute atomic E-state index is 14.0. The Balaban J connectivity index is 2.26. The number of hydrogen-bond donors (Lipinski definition) is 0. The fraction of sp³-hybridized carbons (Fsp3) is 0.278. The van der Waals surface area contributed by atoms with Gasteiger partial charge >= 0.3 is 6.16 Å². The van der Waals surface area contributed by atoms with Gasteiger partial charge in [-0.2, -0.15) is 0 Å². The first-order chi connectivity index (χ1) is 11.5. The maximum Gasteiger partial charge on any atom is 0.513 e. The van der Waals surface area contributed by atoms with Crippen molar-refractivity contribution in [1.82, 2.24) is 0 Å². The minimum absolute atomic E-state index is 0.00696. The van der Waals surface area contributed by atoms with E-state index in [0.717, 1.165) is 12.7 Å². The molecule has 0 fully saturated rings. The van der Waals surface area contributed by atoms with E-state index in [9.17, 15) is 13.6 Å². The van der Waals surface area contributed by atoms with Gasteiger partial charge < -0.3 is 14.2 Å². The number of halogens is 2. The molecule has 0 atom stereocenters. The minimum atomic E-state index is -0.961. The van der Waals surface area contributed by atoms with Crippen LogP contribution in [-0.4, -0.2) is 13.3 Å². The maximum atomic E-state index is 14.0. The van der Waals surface area contributed by atoms with E-state index >= 15 is 0 Å². The minimum Gasteiger partial charge on any atom is -0.488 e. The van der Waals surface area contributed by atoms with Crippen LogP contribution in [0.2, 0.25) is 0 Å². The molecule has 0 aromatic heterocycles. The lowest BCUT2D eigenvalue weighted by Crippen LogP contribution is -2.11. The molecule has 6 heteroatoms. The molecular weight excluding hydrogens is 318 g/mol. The summed E-state index contributed by atoms with van der Waals surface area (Å²) in [4.78, 5) is 11.2. The number of methoxy groups -OCH3 is 1. The summed E-state index contributed by atoms with van der Waals surface area (Å²) in [5.41, 5.74) is 1.37. The first-order valence-electron chi connectivity index (χ1n) is 7.41. The van der Waals surface area contributed by atoms with Crippen LogP contribution < -0.4 is 9.47 Å². The van der Waals surface area contributed by atoms with Crippen LogP contribution in [0, 0.1) is 18.6 Å². The lowest BCUT2D eigenvalue weighted by molar-refractivity contribution is 0.120. The highest BCUT2D eigenvalue weighted by Gasteiger charge is 2.15. The van der Waals surface area contributed by atoms with Gasteiger partial charge in [-0.15, -0.1) is 0 Å². The molecule has 0 amide bonds. The Morgan fingerprint density at radius 2 is 1.88 bits per heavy atom. The number of rotatable bonds is 5. The Kier molecular flexibility index (Phi) is 5.73. The number of ether oxygens (including phenoxy) is 3. The lowest BCUT2D eigenvalue weighted by Gasteiger charge is -2.14. The molecule has 0 spiro atoms. The van der Waals surface area contributed by atoms with Gasteiger partial charge in [0, 0.05) is 6.07 Å². The summed E-state index contributed by atoms with van der Waals surface area (Å²) in [6.07, 6.45) is -0.323. The van der Waals surface area contributed by atoms with E-state index in [1.54, 1.807) is 13.0 Å². The first kappa shape index (κ1) is 17.7. The van der Waals surface area contributed by atoms with Crippen molar-refractivity contribution in [2.24, 2.45) is 0 Å². The first-order valence-corrected chi connectivity index (χ1v) is 7.41. The molecule has 0 bridgehead atoms. The van der Waals surface area contributed by atoms with Gasteiger partial charge in [-0.1, -0.05) is 13.0 Å². The normalized spacial score (nSPS) is 10.4. The van der Waals surface area contributed by atoms with Gasteiger partial charge in [-0.25, -0.2) is 13.6 Å². The number of carbonyl (C=O) groups is 1. The molecule has 0 saturated heterocycles. The van der Waals surface area contributed by atoms with Gasteiger partial charge in [0.1, 0.15) is 29.7 Å². The molecule has 0 aliphatic rings. The van der Waals surface area contributed by atoms with Crippen LogP contribution in [-0.2, 0) is 17.8 Å². The summed E-state index contributed by atoms with van der Waals surface area (Å²) in [6.45, 7) is 3.36. The molecule has 0 N–H and O–H groups in total. The van der Waals surface area contributed by atoms with Crippen LogP contribution in [0.25, 0.3) is 0 Å². The van der Waals surface area contributed by atoms with Crippen molar-refractivity contribution < 1.29 is 27.8 Å². The molecular formula is C18H18F2O4. The average molecular weight is 336 g/mol. The van der Waals surface area contributed by atoms with E-state index in [1.165, 1.54) is 24.3 Å². The molecule has 128 valence electrons. The Morgan fingerprint density at radius 3 is 2.54 bits per heavy atom. The number of benzene rings is 2. The van der Waals surface area contributed by atoms with Gasteiger partial charge in [0.2, 0.25) is 0 Å². The van der Waals surface area contributed by atoms with Crippen LogP contribution in [0.5, 0.6) is 11.5 Å². The molecule has 0 unspecified atom stereocenters. The Bertz CT molecular complexity index is 744. The second-order valence-corrected chi connectivity index (χ2v) is 5.12. The van der Waals surface area contributed by atoms with Crippen LogP contribution in [0.4, 0.5) is 13.6 Å². The van der Waals surface area contributed by atoms with Gasteiger partial charge in [0.25, 0.3) is 0 Å². The van der Waals surface area contributed by atoms with Crippen molar-refractivity contribution in [3.05, 3.63) is 58.7 Å². The predicted molar refractivity (Wildman–Crippen MR) is 84.3 cm³/mol. The van der Waals surface area contributed by atoms with Gasteiger partial charge in [-0.3, -0.25) is 0 Å². The highest BCUT2D eigenvalue weighted by atomic mass is 19.1. The van der Waals surface area contributed by atoms with Crippen molar-refractivity contribution in [2.75, 3.05) is 7.11 Å². The molecule has 2 aromatic rings. The third kappa shape index (κ3) is 4.01. The van der Waals surface area contributed by atoms with E-state index < -0.39 is 17.8 Å². The zero-order chi connectivity index (χ0) is 17.7. The largest absolute Gasteiger partial charge is 0.513 e. The van der Waals surface area contributed by atoms with Crippen molar-refractivity contribution in [2.45, 2.75) is 26.9 Å². The number of hydrogen-bond acceptors (Lipinski definition) is 4. The quantitative estimate of drug-likeness (QED) is 0.593. The number of aryl methyl sites for hydroxylation is 2. The molecule has 0 aliphatic heterocycles. The van der Waals surface area contributed by atoms with Crippen molar-refractivity contribution in [3.63, 3.8) is 0 Å². The standard InChI is InChI=1S/C18H18F2O4/c1-4-12-8-11(2)15(20)9-17(12)23-10-13-14(19)6-5-7-16(13)24-18(21)22-3/h5-9H,4,10H2,1-3H3. The molecule has 2 aromatic carbocycles. The summed E-state index contributed by atoms with van der Waals surface area (Å²) < 4.78 is 42.7. The summed E-state index contributed by atoms with van der Waals surface area (Å²) in [7, 11) is 1.15. The molecule has 0 aliphatic carbocycles. The summed E-state index contributed by atoms with van der Waals surface area (Å²) in [6, 6.07) is 7.02. The lowest BCUT2D eigenvalue weighted by atomic mass is 10.1. The van der Waals surface area contributed by atoms with E-state index in [0.29, 0.717) is 17.7 Å². The zero-order valence-electron chi connectivity index (χ0n) is 13.7. The summed E-state index contributed by atoms with van der Waals surface area (Å²) in [5, 5.41) is 0.